The molecule has 0 saturated carbocycles. The van der Waals surface area contributed by atoms with Gasteiger partial charge in [-0.1, -0.05) is 11.6 Å². The molecule has 2 rings (SSSR count). The van der Waals surface area contributed by atoms with Crippen LogP contribution in [0, 0.1) is 11.8 Å². The van der Waals surface area contributed by atoms with Crippen molar-refractivity contribution in [2.45, 2.75) is 12.7 Å². The Morgan fingerprint density at radius 3 is 2.60 bits per heavy atom. The van der Waals surface area contributed by atoms with Crippen LogP contribution in [-0.2, 0) is 11.3 Å². The van der Waals surface area contributed by atoms with E-state index in [-0.39, 0.29) is 19.6 Å². The van der Waals surface area contributed by atoms with Crippen LogP contribution in [0.5, 0.6) is 0 Å². The second-order valence-corrected chi connectivity index (χ2v) is 7.21. The van der Waals surface area contributed by atoms with Gasteiger partial charge < -0.3 is 5.11 Å². The molecule has 0 spiro atoms. The molecule has 3 nitrogen and oxygen atoms in total. The van der Waals surface area contributed by atoms with E-state index >= 15 is 0 Å². The number of hydrogen-bond donors (Lipinski definition) is 1. The Kier molecular flexibility index (Phi) is 4.68. The summed E-state index contributed by atoms with van der Waals surface area (Å²) in [4.78, 5) is 13.3. The summed E-state index contributed by atoms with van der Waals surface area (Å²) < 4.78 is 39.7. The first-order chi connectivity index (χ1) is 9.18. The van der Waals surface area contributed by atoms with Crippen molar-refractivity contribution in [2.24, 2.45) is 11.8 Å². The second-order valence-electron chi connectivity index (χ2n) is 4.62. The third-order valence-corrected chi connectivity index (χ3v) is 5.67. The van der Waals surface area contributed by atoms with Gasteiger partial charge >= 0.3 is 12.1 Å². The van der Waals surface area contributed by atoms with E-state index in [1.54, 1.807) is 6.07 Å². The van der Waals surface area contributed by atoms with Crippen molar-refractivity contribution in [3.8, 4) is 0 Å². The Hall–Kier alpha value is -0.310. The van der Waals surface area contributed by atoms with Crippen molar-refractivity contribution >= 4 is 44.8 Å². The highest BCUT2D eigenvalue weighted by molar-refractivity contribution is 9.10. The van der Waals surface area contributed by atoms with Crippen molar-refractivity contribution in [3.63, 3.8) is 0 Å². The molecule has 1 aromatic heterocycles. The Morgan fingerprint density at radius 2 is 2.20 bits per heavy atom. The van der Waals surface area contributed by atoms with Crippen LogP contribution in [0.1, 0.15) is 4.88 Å². The van der Waals surface area contributed by atoms with Crippen LogP contribution in [0.2, 0.25) is 4.34 Å². The fraction of sp³-hybridized carbons (Fsp3) is 0.545. The average molecular weight is 393 g/mol. The molecule has 0 unspecified atom stereocenters. The standard InChI is InChI=1S/C11H10BrClF3NO2S/c12-8-1-5(20-9(8)13)2-17-3-6(10(18)19)7(4-17)11(14,15)16/h1,6-7H,2-4H2,(H,18,19)/t6-,7-/m1/s1. The summed E-state index contributed by atoms with van der Waals surface area (Å²) in [5.41, 5.74) is 0. The predicted molar refractivity (Wildman–Crippen MR) is 73.0 cm³/mol. The molecule has 20 heavy (non-hydrogen) atoms. The monoisotopic (exact) mass is 391 g/mol. The van der Waals surface area contributed by atoms with Gasteiger partial charge in [0.15, 0.2) is 0 Å². The summed E-state index contributed by atoms with van der Waals surface area (Å²) in [7, 11) is 0. The molecule has 2 heterocycles. The zero-order chi connectivity index (χ0) is 15.1. The number of aliphatic carboxylic acids is 1. The molecule has 1 N–H and O–H groups in total. The van der Waals surface area contributed by atoms with Crippen molar-refractivity contribution in [3.05, 3.63) is 19.8 Å². The van der Waals surface area contributed by atoms with Gasteiger partial charge in [0.05, 0.1) is 11.8 Å². The number of thiophene rings is 1. The van der Waals surface area contributed by atoms with Crippen molar-refractivity contribution < 1.29 is 23.1 Å². The number of rotatable bonds is 3. The average Bonchev–Trinajstić information content (AvgIpc) is 2.84. The Morgan fingerprint density at radius 1 is 1.55 bits per heavy atom. The lowest BCUT2D eigenvalue weighted by Crippen LogP contribution is -2.33. The minimum atomic E-state index is -4.49. The van der Waals surface area contributed by atoms with E-state index in [9.17, 15) is 18.0 Å². The molecular weight excluding hydrogens is 383 g/mol. The van der Waals surface area contributed by atoms with Crippen LogP contribution in [0.25, 0.3) is 0 Å². The van der Waals surface area contributed by atoms with Gasteiger partial charge in [-0.2, -0.15) is 13.2 Å². The molecule has 1 saturated heterocycles. The third-order valence-electron chi connectivity index (χ3n) is 3.21. The molecule has 9 heteroatoms. The van der Waals surface area contributed by atoms with E-state index in [1.165, 1.54) is 16.2 Å². The van der Waals surface area contributed by atoms with Gasteiger partial charge in [0.2, 0.25) is 0 Å². The van der Waals surface area contributed by atoms with E-state index < -0.39 is 24.0 Å². The number of carbonyl (C=O) groups is 1. The van der Waals surface area contributed by atoms with Gasteiger partial charge in [-0.3, -0.25) is 9.69 Å². The lowest BCUT2D eigenvalue weighted by Gasteiger charge is -2.18. The Balaban J connectivity index is 2.10. The van der Waals surface area contributed by atoms with Crippen LogP contribution < -0.4 is 0 Å². The summed E-state index contributed by atoms with van der Waals surface area (Å²) in [5, 5.41) is 8.93. The van der Waals surface area contributed by atoms with Crippen molar-refractivity contribution in [1.82, 2.24) is 4.90 Å². The summed E-state index contributed by atoms with van der Waals surface area (Å²) in [6, 6.07) is 1.74. The Bertz CT molecular complexity index is 503. The van der Waals surface area contributed by atoms with E-state index in [4.69, 9.17) is 16.7 Å². The van der Waals surface area contributed by atoms with Crippen LogP contribution in [0.15, 0.2) is 10.5 Å². The minimum absolute atomic E-state index is 0.105. The van der Waals surface area contributed by atoms with Gasteiger partial charge in [0.25, 0.3) is 0 Å². The minimum Gasteiger partial charge on any atom is -0.481 e. The number of carboxylic acids is 1. The van der Waals surface area contributed by atoms with E-state index in [2.05, 4.69) is 15.9 Å². The molecular formula is C11H10BrClF3NO2S. The second kappa shape index (κ2) is 5.82. The molecule has 0 radical (unpaired) electrons. The maximum Gasteiger partial charge on any atom is 0.393 e. The first-order valence-electron chi connectivity index (χ1n) is 5.64. The fourth-order valence-electron chi connectivity index (χ4n) is 2.29. The summed E-state index contributed by atoms with van der Waals surface area (Å²) in [6.45, 7) is -0.132. The van der Waals surface area contributed by atoms with Gasteiger partial charge in [-0.05, 0) is 22.0 Å². The van der Waals surface area contributed by atoms with E-state index in [0.717, 1.165) is 4.88 Å². The highest BCUT2D eigenvalue weighted by Gasteiger charge is 2.52. The molecule has 0 aromatic carbocycles. The maximum absolute atomic E-state index is 12.8. The van der Waals surface area contributed by atoms with Crippen LogP contribution in [0.3, 0.4) is 0 Å². The lowest BCUT2D eigenvalue weighted by molar-refractivity contribution is -0.188. The predicted octanol–water partition coefficient (Wildman–Crippen LogP) is 3.86. The number of alkyl halides is 3. The topological polar surface area (TPSA) is 40.5 Å². The van der Waals surface area contributed by atoms with Crippen LogP contribution in [0.4, 0.5) is 13.2 Å². The number of halogens is 5. The van der Waals surface area contributed by atoms with Crippen LogP contribution >= 0.6 is 38.9 Å². The molecule has 1 aliphatic heterocycles. The molecule has 0 amide bonds. The normalized spacial score (nSPS) is 24.2. The molecule has 1 fully saturated rings. The molecule has 1 aromatic rings. The fourth-order valence-corrected chi connectivity index (χ4v) is 4.12. The van der Waals surface area contributed by atoms with Crippen molar-refractivity contribution in [1.29, 1.82) is 0 Å². The zero-order valence-electron chi connectivity index (χ0n) is 9.95. The third kappa shape index (κ3) is 3.47. The number of nitrogens with zero attached hydrogens (tertiary/aromatic N) is 1. The molecule has 0 bridgehead atoms. The van der Waals surface area contributed by atoms with E-state index in [0.29, 0.717) is 8.81 Å². The number of carboxylic acid groups (broad SMARTS) is 1. The van der Waals surface area contributed by atoms with E-state index in [1.807, 2.05) is 0 Å². The zero-order valence-corrected chi connectivity index (χ0v) is 13.1. The first-order valence-corrected chi connectivity index (χ1v) is 7.63. The largest absolute Gasteiger partial charge is 0.481 e. The molecule has 2 atom stereocenters. The smallest absolute Gasteiger partial charge is 0.393 e. The van der Waals surface area contributed by atoms with Gasteiger partial charge in [-0.15, -0.1) is 11.3 Å². The summed E-state index contributed by atoms with van der Waals surface area (Å²) in [6.07, 6.45) is -4.49. The molecule has 112 valence electrons. The quantitative estimate of drug-likeness (QED) is 0.849. The summed E-state index contributed by atoms with van der Waals surface area (Å²) >= 11 is 10.4. The first kappa shape index (κ1) is 16.1. The van der Waals surface area contributed by atoms with Gasteiger partial charge in [-0.25, -0.2) is 0 Å². The maximum atomic E-state index is 12.8. The SMILES string of the molecule is O=C(O)[C@@H]1CN(Cc2cc(Br)c(Cl)s2)C[C@H]1C(F)(F)F. The lowest BCUT2D eigenvalue weighted by atomic mass is 9.96. The molecule has 0 aliphatic carbocycles. The highest BCUT2D eigenvalue weighted by atomic mass is 79.9. The van der Waals surface area contributed by atoms with Crippen LogP contribution in [-0.4, -0.2) is 35.2 Å². The van der Waals surface area contributed by atoms with Crippen molar-refractivity contribution in [2.75, 3.05) is 13.1 Å². The molecule has 1 aliphatic rings. The highest BCUT2D eigenvalue weighted by Crippen LogP contribution is 2.39. The number of likely N-dealkylation sites (tertiary alicyclic amines) is 1. The Labute approximate surface area is 130 Å². The summed E-state index contributed by atoms with van der Waals surface area (Å²) in [5.74, 6) is -4.63. The number of hydrogen-bond acceptors (Lipinski definition) is 3. The van der Waals surface area contributed by atoms with Gasteiger partial charge in [0, 0.05) is 29.0 Å². The van der Waals surface area contributed by atoms with Gasteiger partial charge in [0.1, 0.15) is 4.34 Å².